The van der Waals surface area contributed by atoms with Crippen LogP contribution in [0.15, 0.2) is 44.5 Å². The number of hydrogen-bond acceptors (Lipinski definition) is 7. The molecule has 2 aromatic carbocycles. The van der Waals surface area contributed by atoms with E-state index in [-0.39, 0.29) is 34.9 Å². The molecule has 0 amide bonds. The van der Waals surface area contributed by atoms with Crippen molar-refractivity contribution in [1.29, 1.82) is 0 Å². The van der Waals surface area contributed by atoms with Crippen molar-refractivity contribution < 1.29 is 14.3 Å². The molecular weight excluding hydrogens is 336 g/mol. The van der Waals surface area contributed by atoms with Gasteiger partial charge in [-0.15, -0.1) is 0 Å². The zero-order valence-corrected chi connectivity index (χ0v) is 14.3. The fraction of sp³-hybridized carbons (Fsp3) is 0.211. The number of phenols is 1. The molecule has 26 heavy (non-hydrogen) atoms. The van der Waals surface area contributed by atoms with E-state index >= 15 is 0 Å². The lowest BCUT2D eigenvalue weighted by atomic mass is 10.1. The third kappa shape index (κ3) is 3.11. The van der Waals surface area contributed by atoms with Gasteiger partial charge < -0.3 is 20.2 Å². The lowest BCUT2D eigenvalue weighted by Crippen LogP contribution is -2.36. The topological polar surface area (TPSA) is 109 Å². The summed E-state index contributed by atoms with van der Waals surface area (Å²) in [5, 5.41) is 15.6. The molecule has 1 aromatic heterocycles. The van der Waals surface area contributed by atoms with Crippen LogP contribution in [0.3, 0.4) is 0 Å². The van der Waals surface area contributed by atoms with Gasteiger partial charge in [-0.2, -0.15) is 0 Å². The summed E-state index contributed by atoms with van der Waals surface area (Å²) in [5.74, 6) is 0.677. The van der Waals surface area contributed by atoms with Gasteiger partial charge in [-0.05, 0) is 29.7 Å². The third-order valence-electron chi connectivity index (χ3n) is 4.14. The second-order valence-corrected chi connectivity index (χ2v) is 6.25. The molecule has 7 nitrogen and oxygen atoms in total. The van der Waals surface area contributed by atoms with Crippen LogP contribution in [0.1, 0.15) is 41.4 Å². The molecule has 0 saturated heterocycles. The summed E-state index contributed by atoms with van der Waals surface area (Å²) in [4.78, 5) is 34.6. The molecule has 1 heterocycles. The summed E-state index contributed by atoms with van der Waals surface area (Å²) in [7, 11) is 0. The Morgan fingerprint density at radius 1 is 1.19 bits per heavy atom. The van der Waals surface area contributed by atoms with E-state index in [9.17, 15) is 19.5 Å². The minimum absolute atomic E-state index is 0.0454. The molecule has 0 fully saturated rings. The van der Waals surface area contributed by atoms with Crippen molar-refractivity contribution in [2.24, 2.45) is 0 Å². The molecule has 0 atom stereocenters. The first kappa shape index (κ1) is 17.5. The van der Waals surface area contributed by atoms with Gasteiger partial charge in [-0.25, -0.2) is 0 Å². The second-order valence-electron chi connectivity index (χ2n) is 6.25. The molecule has 7 heteroatoms. The van der Waals surface area contributed by atoms with Crippen LogP contribution >= 0.6 is 0 Å². The van der Waals surface area contributed by atoms with Crippen molar-refractivity contribution in [3.8, 4) is 5.75 Å². The van der Waals surface area contributed by atoms with Gasteiger partial charge in [0.25, 0.3) is 10.9 Å². The van der Waals surface area contributed by atoms with Crippen molar-refractivity contribution in [1.82, 2.24) is 0 Å². The van der Waals surface area contributed by atoms with Gasteiger partial charge in [0.05, 0.1) is 24.1 Å². The molecule has 0 saturated carbocycles. The molecule has 3 aromatic rings. The maximum Gasteiger partial charge on any atom is 0.253 e. The van der Waals surface area contributed by atoms with E-state index in [2.05, 4.69) is 10.6 Å². The van der Waals surface area contributed by atoms with Crippen LogP contribution in [0.25, 0.3) is 0 Å². The number of aldehydes is 1. The number of carbonyl (C=O) groups excluding carboxylic acids is 1. The summed E-state index contributed by atoms with van der Waals surface area (Å²) in [5.41, 5.74) is 0.128. The van der Waals surface area contributed by atoms with Gasteiger partial charge in [-0.1, -0.05) is 19.9 Å². The summed E-state index contributed by atoms with van der Waals surface area (Å²) in [6.45, 7) is 4.33. The highest BCUT2D eigenvalue weighted by Crippen LogP contribution is 2.30. The van der Waals surface area contributed by atoms with Crippen molar-refractivity contribution >= 4 is 23.3 Å². The Labute approximate surface area is 149 Å². The highest BCUT2D eigenvalue weighted by molar-refractivity contribution is 5.87. The van der Waals surface area contributed by atoms with E-state index < -0.39 is 10.9 Å². The lowest BCUT2D eigenvalue weighted by Gasteiger charge is -2.15. The number of furan rings is 1. The molecule has 0 radical (unpaired) electrons. The van der Waals surface area contributed by atoms with Crippen LogP contribution in [0.4, 0.5) is 17.1 Å². The Kier molecular flexibility index (Phi) is 4.62. The Balaban J connectivity index is 1.78. The minimum Gasteiger partial charge on any atom is -0.505 e. The molecule has 0 bridgehead atoms. The molecule has 0 aliphatic heterocycles. The predicted octanol–water partition coefficient (Wildman–Crippen LogP) is 2.87. The summed E-state index contributed by atoms with van der Waals surface area (Å²) in [6.07, 6.45) is 2.16. The summed E-state index contributed by atoms with van der Waals surface area (Å²) in [6, 6.07) is 6.39. The van der Waals surface area contributed by atoms with Gasteiger partial charge in [0.15, 0.2) is 6.29 Å². The van der Waals surface area contributed by atoms with Crippen molar-refractivity contribution in [3.63, 3.8) is 0 Å². The van der Waals surface area contributed by atoms with E-state index in [1.165, 1.54) is 12.1 Å². The highest BCUT2D eigenvalue weighted by atomic mass is 16.3. The smallest absolute Gasteiger partial charge is 0.253 e. The Morgan fingerprint density at radius 3 is 2.58 bits per heavy atom. The number of benzene rings is 1. The van der Waals surface area contributed by atoms with Crippen LogP contribution < -0.4 is 21.5 Å². The molecule has 3 N–H and O–H groups in total. The fourth-order valence-electron chi connectivity index (χ4n) is 2.54. The maximum atomic E-state index is 11.9. The van der Waals surface area contributed by atoms with E-state index in [1.807, 2.05) is 19.9 Å². The van der Waals surface area contributed by atoms with E-state index in [0.29, 0.717) is 18.0 Å². The average Bonchev–Trinajstić information content (AvgIpc) is 3.11. The number of hydrogen-bond donors (Lipinski definition) is 3. The first-order valence-corrected chi connectivity index (χ1v) is 8.11. The zero-order chi connectivity index (χ0) is 18.8. The molecule has 3 rings (SSSR count). The van der Waals surface area contributed by atoms with Crippen molar-refractivity contribution in [3.05, 3.63) is 67.9 Å². The average molecular weight is 354 g/mol. The third-order valence-corrected chi connectivity index (χ3v) is 4.14. The number of rotatable bonds is 7. The van der Waals surface area contributed by atoms with Crippen molar-refractivity contribution in [2.75, 3.05) is 10.6 Å². The normalized spacial score (nSPS) is 11.0. The Hall–Kier alpha value is -3.35. The number of anilines is 3. The second kappa shape index (κ2) is 6.87. The molecule has 0 spiro atoms. The first-order valence-electron chi connectivity index (χ1n) is 8.11. The first-order chi connectivity index (χ1) is 12.4. The van der Waals surface area contributed by atoms with Crippen LogP contribution in [0.5, 0.6) is 5.75 Å². The van der Waals surface area contributed by atoms with E-state index in [4.69, 9.17) is 4.42 Å². The summed E-state index contributed by atoms with van der Waals surface area (Å²) >= 11 is 0. The molecular formula is C19H18N2O5. The molecule has 0 unspecified atom stereocenters. The van der Waals surface area contributed by atoms with Crippen LogP contribution in [-0.2, 0) is 6.54 Å². The van der Waals surface area contributed by atoms with Crippen LogP contribution in [-0.4, -0.2) is 11.4 Å². The van der Waals surface area contributed by atoms with Gasteiger partial charge in [0.1, 0.15) is 22.9 Å². The zero-order valence-electron chi connectivity index (χ0n) is 14.3. The van der Waals surface area contributed by atoms with Crippen LogP contribution in [0, 0.1) is 0 Å². The van der Waals surface area contributed by atoms with E-state index in [1.54, 1.807) is 12.3 Å². The molecule has 0 aliphatic carbocycles. The van der Waals surface area contributed by atoms with Crippen LogP contribution in [0.2, 0.25) is 0 Å². The number of para-hydroxylation sites is 1. The standard InChI is InChI=1S/C19H18N2O5/c1-10(2)12-6-13(26-9-12)7-20-15-16(19(25)18(15)24)21-14-5-3-4-11(8-22)17(14)23/h3-6,8-10,20-21,23H,7H2,1-2H3. The Bertz CT molecular complexity index is 1030. The number of nitrogens with one attached hydrogen (secondary N) is 2. The minimum atomic E-state index is -0.689. The van der Waals surface area contributed by atoms with Crippen molar-refractivity contribution in [2.45, 2.75) is 26.3 Å². The predicted molar refractivity (Wildman–Crippen MR) is 98.3 cm³/mol. The largest absolute Gasteiger partial charge is 0.505 e. The summed E-state index contributed by atoms with van der Waals surface area (Å²) < 4.78 is 5.43. The van der Waals surface area contributed by atoms with Gasteiger partial charge in [0, 0.05) is 0 Å². The number of aromatic hydroxyl groups is 1. The van der Waals surface area contributed by atoms with Gasteiger partial charge in [-0.3, -0.25) is 14.4 Å². The highest BCUT2D eigenvalue weighted by Gasteiger charge is 2.22. The fourth-order valence-corrected chi connectivity index (χ4v) is 2.54. The van der Waals surface area contributed by atoms with Gasteiger partial charge >= 0.3 is 0 Å². The lowest BCUT2D eigenvalue weighted by molar-refractivity contribution is 0.112. The van der Waals surface area contributed by atoms with Gasteiger partial charge in [0.2, 0.25) is 0 Å². The van der Waals surface area contributed by atoms with E-state index in [0.717, 1.165) is 5.56 Å². The number of carbonyl (C=O) groups is 1. The quantitative estimate of drug-likeness (QED) is 0.340. The molecule has 0 aliphatic rings. The maximum absolute atomic E-state index is 11.9. The SMILES string of the molecule is CC(C)c1coc(CNc2c(Nc3cccc(C=O)c3O)c(=O)c2=O)c1. The number of phenolic OH excluding ortho intramolecular Hbond substituents is 1. The Morgan fingerprint density at radius 2 is 1.92 bits per heavy atom. The molecule has 134 valence electrons. The monoisotopic (exact) mass is 354 g/mol.